The number of nitrogens with zero attached hydrogens (tertiary/aromatic N) is 5. The first-order chi connectivity index (χ1) is 8.42. The van der Waals surface area contributed by atoms with E-state index in [4.69, 9.17) is 0 Å². The summed E-state index contributed by atoms with van der Waals surface area (Å²) in [5, 5.41) is 3.04. The van der Waals surface area contributed by atoms with Gasteiger partial charge in [0.25, 0.3) is 0 Å². The Morgan fingerprint density at radius 3 is 2.35 bits per heavy atom. The molecule has 0 bridgehead atoms. The molecular weight excluding hydrogens is 216 g/mol. The fourth-order valence-corrected chi connectivity index (χ4v) is 1.43. The number of hydrogen-bond acceptors (Lipinski definition) is 6. The highest BCUT2D eigenvalue weighted by Crippen LogP contribution is 2.14. The summed E-state index contributed by atoms with van der Waals surface area (Å²) in [5.41, 5.74) is 1.55. The van der Waals surface area contributed by atoms with Crippen LogP contribution in [0, 0.1) is 0 Å². The summed E-state index contributed by atoms with van der Waals surface area (Å²) in [7, 11) is 0. The van der Waals surface area contributed by atoms with Crippen molar-refractivity contribution < 1.29 is 0 Å². The summed E-state index contributed by atoms with van der Waals surface area (Å²) in [5.74, 6) is 1.31. The Morgan fingerprint density at radius 1 is 0.706 bits per heavy atom. The molecule has 3 heterocycles. The van der Waals surface area contributed by atoms with Gasteiger partial charge < -0.3 is 5.32 Å². The highest BCUT2D eigenvalue weighted by molar-refractivity contribution is 5.76. The number of nitrogens with one attached hydrogen (secondary N) is 1. The first-order valence-corrected chi connectivity index (χ1v) is 5.01. The van der Waals surface area contributed by atoms with Crippen LogP contribution in [-0.4, -0.2) is 24.9 Å². The summed E-state index contributed by atoms with van der Waals surface area (Å²) < 4.78 is 0. The second kappa shape index (κ2) is 4.09. The molecule has 0 atom stereocenters. The minimum absolute atomic E-state index is 0.642. The Balaban J connectivity index is 1.96. The van der Waals surface area contributed by atoms with Gasteiger partial charge in [-0.2, -0.15) is 0 Å². The zero-order valence-electron chi connectivity index (χ0n) is 8.78. The molecule has 0 aliphatic heterocycles. The Labute approximate surface area is 96.8 Å². The normalized spacial score (nSPS) is 10.4. The molecule has 0 radical (unpaired) electrons. The van der Waals surface area contributed by atoms with Crippen molar-refractivity contribution in [1.29, 1.82) is 0 Å². The van der Waals surface area contributed by atoms with Crippen molar-refractivity contribution in [2.24, 2.45) is 0 Å². The molecular formula is C11H8N6. The quantitative estimate of drug-likeness (QED) is 0.711. The van der Waals surface area contributed by atoms with Gasteiger partial charge in [-0.1, -0.05) is 0 Å². The molecule has 0 amide bonds. The van der Waals surface area contributed by atoms with Crippen molar-refractivity contribution in [2.75, 3.05) is 5.32 Å². The number of pyridine rings is 1. The Hall–Kier alpha value is -2.63. The number of hydrogen-bond donors (Lipinski definition) is 1. The van der Waals surface area contributed by atoms with Crippen LogP contribution in [0.5, 0.6) is 0 Å². The molecule has 17 heavy (non-hydrogen) atoms. The maximum atomic E-state index is 4.22. The van der Waals surface area contributed by atoms with Crippen molar-refractivity contribution >= 4 is 22.7 Å². The van der Waals surface area contributed by atoms with Gasteiger partial charge in [0.2, 0.25) is 0 Å². The largest absolute Gasteiger partial charge is 0.324 e. The van der Waals surface area contributed by atoms with E-state index in [1.807, 2.05) is 6.07 Å². The van der Waals surface area contributed by atoms with Gasteiger partial charge in [-0.25, -0.2) is 9.97 Å². The Bertz CT molecular complexity index is 640. The Kier molecular flexibility index (Phi) is 2.31. The van der Waals surface area contributed by atoms with E-state index in [0.717, 1.165) is 11.0 Å². The Morgan fingerprint density at radius 2 is 1.53 bits per heavy atom. The van der Waals surface area contributed by atoms with Crippen molar-refractivity contribution in [2.45, 2.75) is 0 Å². The van der Waals surface area contributed by atoms with Crippen LogP contribution in [0.2, 0.25) is 0 Å². The lowest BCUT2D eigenvalue weighted by Gasteiger charge is -2.03. The molecule has 6 heteroatoms. The molecule has 0 aliphatic carbocycles. The van der Waals surface area contributed by atoms with E-state index < -0.39 is 0 Å². The van der Waals surface area contributed by atoms with E-state index in [1.54, 1.807) is 37.2 Å². The summed E-state index contributed by atoms with van der Waals surface area (Å²) in [6.45, 7) is 0. The lowest BCUT2D eigenvalue weighted by molar-refractivity contribution is 1.18. The van der Waals surface area contributed by atoms with E-state index in [0.29, 0.717) is 11.6 Å². The van der Waals surface area contributed by atoms with E-state index in [9.17, 15) is 0 Å². The van der Waals surface area contributed by atoms with Crippen molar-refractivity contribution in [3.8, 4) is 0 Å². The van der Waals surface area contributed by atoms with Crippen LogP contribution >= 0.6 is 0 Å². The number of rotatable bonds is 2. The van der Waals surface area contributed by atoms with Gasteiger partial charge in [-0.15, -0.1) is 0 Å². The molecule has 0 fully saturated rings. The molecule has 0 unspecified atom stereocenters. The smallest absolute Gasteiger partial charge is 0.150 e. The predicted molar refractivity (Wildman–Crippen MR) is 62.6 cm³/mol. The molecule has 0 aromatic carbocycles. The fourth-order valence-electron chi connectivity index (χ4n) is 1.43. The SMILES string of the molecule is c1cnc(Nc2cc3nccnc3cn2)cn1. The minimum Gasteiger partial charge on any atom is -0.324 e. The number of fused-ring (bicyclic) bond motifs is 1. The van der Waals surface area contributed by atoms with Crippen LogP contribution in [0.1, 0.15) is 0 Å². The summed E-state index contributed by atoms with van der Waals surface area (Å²) >= 11 is 0. The zero-order chi connectivity index (χ0) is 11.5. The molecule has 0 spiro atoms. The molecule has 0 saturated carbocycles. The predicted octanol–water partition coefficient (Wildman–Crippen LogP) is 1.56. The van der Waals surface area contributed by atoms with Crippen LogP contribution < -0.4 is 5.32 Å². The minimum atomic E-state index is 0.642. The van der Waals surface area contributed by atoms with Crippen LogP contribution in [0.3, 0.4) is 0 Å². The molecule has 1 N–H and O–H groups in total. The molecule has 0 aliphatic rings. The summed E-state index contributed by atoms with van der Waals surface area (Å²) in [6.07, 6.45) is 9.81. The third-order valence-electron chi connectivity index (χ3n) is 2.18. The van der Waals surface area contributed by atoms with Gasteiger partial charge in [-0.3, -0.25) is 15.0 Å². The third kappa shape index (κ3) is 2.00. The van der Waals surface area contributed by atoms with Gasteiger partial charge in [0.05, 0.1) is 17.9 Å². The fraction of sp³-hybridized carbons (Fsp3) is 0. The molecule has 0 saturated heterocycles. The van der Waals surface area contributed by atoms with E-state index >= 15 is 0 Å². The third-order valence-corrected chi connectivity index (χ3v) is 2.18. The van der Waals surface area contributed by atoms with E-state index in [1.165, 1.54) is 0 Å². The molecule has 3 rings (SSSR count). The lowest BCUT2D eigenvalue weighted by Crippen LogP contribution is -1.96. The molecule has 3 aromatic rings. The topological polar surface area (TPSA) is 76.5 Å². The highest BCUT2D eigenvalue weighted by Gasteiger charge is 2.00. The zero-order valence-corrected chi connectivity index (χ0v) is 8.78. The molecule has 82 valence electrons. The summed E-state index contributed by atoms with van der Waals surface area (Å²) in [4.78, 5) is 20.6. The van der Waals surface area contributed by atoms with Gasteiger partial charge in [0.1, 0.15) is 17.2 Å². The van der Waals surface area contributed by atoms with Crippen LogP contribution in [-0.2, 0) is 0 Å². The number of anilines is 2. The average molecular weight is 224 g/mol. The second-order valence-corrected chi connectivity index (χ2v) is 3.33. The lowest BCUT2D eigenvalue weighted by atomic mass is 10.3. The monoisotopic (exact) mass is 224 g/mol. The van der Waals surface area contributed by atoms with Gasteiger partial charge >= 0.3 is 0 Å². The van der Waals surface area contributed by atoms with Crippen LogP contribution in [0.15, 0.2) is 43.2 Å². The van der Waals surface area contributed by atoms with Crippen molar-refractivity contribution in [3.63, 3.8) is 0 Å². The van der Waals surface area contributed by atoms with Crippen molar-refractivity contribution in [3.05, 3.63) is 43.2 Å². The summed E-state index contributed by atoms with van der Waals surface area (Å²) in [6, 6.07) is 1.82. The highest BCUT2D eigenvalue weighted by atomic mass is 15.1. The van der Waals surface area contributed by atoms with E-state index in [2.05, 4.69) is 30.2 Å². The van der Waals surface area contributed by atoms with Crippen LogP contribution in [0.4, 0.5) is 11.6 Å². The maximum Gasteiger partial charge on any atom is 0.150 e. The first kappa shape index (κ1) is 9.59. The van der Waals surface area contributed by atoms with Gasteiger partial charge in [0, 0.05) is 30.9 Å². The van der Waals surface area contributed by atoms with Crippen LogP contribution in [0.25, 0.3) is 11.0 Å². The first-order valence-electron chi connectivity index (χ1n) is 5.01. The maximum absolute atomic E-state index is 4.22. The molecule has 6 nitrogen and oxygen atoms in total. The van der Waals surface area contributed by atoms with Crippen molar-refractivity contribution in [1.82, 2.24) is 24.9 Å². The van der Waals surface area contributed by atoms with Gasteiger partial charge in [-0.05, 0) is 0 Å². The average Bonchev–Trinajstić information content (AvgIpc) is 2.40. The van der Waals surface area contributed by atoms with E-state index in [-0.39, 0.29) is 0 Å². The molecule has 3 aromatic heterocycles. The number of aromatic nitrogens is 5. The standard InChI is InChI=1S/C11H8N6/c1-2-15-11(7-12-1)17-10-5-8-9(6-16-10)14-4-3-13-8/h1-7H,(H,15,16,17). The second-order valence-electron chi connectivity index (χ2n) is 3.33. The van der Waals surface area contributed by atoms with Gasteiger partial charge in [0.15, 0.2) is 0 Å².